The van der Waals surface area contributed by atoms with Gasteiger partial charge in [-0.25, -0.2) is 0 Å². The smallest absolute Gasteiger partial charge is 0.193 e. The van der Waals surface area contributed by atoms with Gasteiger partial charge in [0.25, 0.3) is 0 Å². The molecule has 1 aromatic rings. The van der Waals surface area contributed by atoms with Crippen LogP contribution in [0.5, 0.6) is 0 Å². The van der Waals surface area contributed by atoms with Crippen LogP contribution in [0.15, 0.2) is 40.9 Å². The van der Waals surface area contributed by atoms with E-state index >= 15 is 0 Å². The van der Waals surface area contributed by atoms with E-state index in [0.29, 0.717) is 0 Å². The van der Waals surface area contributed by atoms with Crippen molar-refractivity contribution < 1.29 is 4.74 Å². The molecule has 0 amide bonds. The third-order valence-electron chi connectivity index (χ3n) is 4.75. The Labute approximate surface area is 155 Å². The maximum absolute atomic E-state index is 6.11. The summed E-state index contributed by atoms with van der Waals surface area (Å²) in [5.41, 5.74) is 2.68. The molecule has 1 N–H and O–H groups in total. The van der Waals surface area contributed by atoms with Crippen LogP contribution in [-0.2, 0) is 4.74 Å². The molecule has 0 saturated carbocycles. The first-order valence-electron chi connectivity index (χ1n) is 8.98. The SMILES string of the molecule is CN=C(NCCC1=CCOCC1)N1CCN(c2cccc(Cl)c2)CC1. The fourth-order valence-electron chi connectivity index (χ4n) is 3.31. The predicted molar refractivity (Wildman–Crippen MR) is 105 cm³/mol. The summed E-state index contributed by atoms with van der Waals surface area (Å²) in [4.78, 5) is 9.16. The monoisotopic (exact) mass is 362 g/mol. The highest BCUT2D eigenvalue weighted by Gasteiger charge is 2.19. The summed E-state index contributed by atoms with van der Waals surface area (Å²) in [5.74, 6) is 0.999. The molecule has 2 aliphatic rings. The highest BCUT2D eigenvalue weighted by Crippen LogP contribution is 2.20. The van der Waals surface area contributed by atoms with Crippen molar-refractivity contribution in [1.82, 2.24) is 10.2 Å². The standard InChI is InChI=1S/C19H27ClN4O/c1-21-19(22-8-5-16-6-13-25-14-7-16)24-11-9-23(10-12-24)18-4-2-3-17(20)15-18/h2-4,6,15H,5,7-14H2,1H3,(H,21,22). The Kier molecular flexibility index (Phi) is 6.59. The minimum atomic E-state index is 0.759. The fraction of sp³-hybridized carbons (Fsp3) is 0.526. The van der Waals surface area contributed by atoms with Crippen LogP contribution in [0.4, 0.5) is 5.69 Å². The van der Waals surface area contributed by atoms with Crippen molar-refractivity contribution in [2.75, 3.05) is 57.9 Å². The fourth-order valence-corrected chi connectivity index (χ4v) is 3.49. The number of anilines is 1. The second-order valence-electron chi connectivity index (χ2n) is 6.37. The minimum Gasteiger partial charge on any atom is -0.377 e. The van der Waals surface area contributed by atoms with Crippen LogP contribution in [0.2, 0.25) is 5.02 Å². The number of benzene rings is 1. The van der Waals surface area contributed by atoms with Gasteiger partial charge in [0.05, 0.1) is 13.2 Å². The third-order valence-corrected chi connectivity index (χ3v) is 4.99. The van der Waals surface area contributed by atoms with Crippen LogP contribution in [-0.4, -0.2) is 63.8 Å². The van der Waals surface area contributed by atoms with E-state index in [9.17, 15) is 0 Å². The van der Waals surface area contributed by atoms with Crippen LogP contribution in [0.1, 0.15) is 12.8 Å². The predicted octanol–water partition coefficient (Wildman–Crippen LogP) is 2.77. The highest BCUT2D eigenvalue weighted by molar-refractivity contribution is 6.30. The Balaban J connectivity index is 1.46. The summed E-state index contributed by atoms with van der Waals surface area (Å²) in [6.45, 7) is 6.41. The molecule has 1 saturated heterocycles. The maximum Gasteiger partial charge on any atom is 0.193 e. The van der Waals surface area contributed by atoms with Gasteiger partial charge in [-0.2, -0.15) is 0 Å². The Hall–Kier alpha value is -1.72. The Bertz CT molecular complexity index is 624. The molecule has 5 nitrogen and oxygen atoms in total. The zero-order valence-corrected chi connectivity index (χ0v) is 15.6. The maximum atomic E-state index is 6.11. The Morgan fingerprint density at radius 1 is 1.28 bits per heavy atom. The van der Waals surface area contributed by atoms with Crippen LogP contribution in [0.3, 0.4) is 0 Å². The van der Waals surface area contributed by atoms with Crippen molar-refractivity contribution in [1.29, 1.82) is 0 Å². The lowest BCUT2D eigenvalue weighted by Gasteiger charge is -2.37. The highest BCUT2D eigenvalue weighted by atomic mass is 35.5. The van der Waals surface area contributed by atoms with Gasteiger partial charge < -0.3 is 19.9 Å². The first kappa shape index (κ1) is 18.1. The van der Waals surface area contributed by atoms with E-state index in [1.165, 1.54) is 11.3 Å². The summed E-state index contributed by atoms with van der Waals surface area (Å²) in [6.07, 6.45) is 4.32. The minimum absolute atomic E-state index is 0.759. The van der Waals surface area contributed by atoms with E-state index in [1.807, 2.05) is 25.2 Å². The van der Waals surface area contributed by atoms with Crippen molar-refractivity contribution in [2.24, 2.45) is 4.99 Å². The molecule has 0 aromatic heterocycles. The number of piperazine rings is 1. The number of nitrogens with zero attached hydrogens (tertiary/aromatic N) is 3. The van der Waals surface area contributed by atoms with Gasteiger partial charge in [-0.05, 0) is 31.0 Å². The quantitative estimate of drug-likeness (QED) is 0.508. The molecule has 0 unspecified atom stereocenters. The summed E-state index contributed by atoms with van der Waals surface area (Å²) in [7, 11) is 1.86. The second-order valence-corrected chi connectivity index (χ2v) is 6.80. The van der Waals surface area contributed by atoms with Crippen LogP contribution in [0.25, 0.3) is 0 Å². The molecule has 6 heteroatoms. The molecule has 136 valence electrons. The zero-order valence-electron chi connectivity index (χ0n) is 14.9. The number of aliphatic imine (C=N–C) groups is 1. The van der Waals surface area contributed by atoms with E-state index in [1.54, 1.807) is 0 Å². The molecule has 0 bridgehead atoms. The third kappa shape index (κ3) is 5.13. The average molecular weight is 363 g/mol. The number of ether oxygens (including phenoxy) is 1. The molecule has 3 rings (SSSR count). The van der Waals surface area contributed by atoms with E-state index in [2.05, 4.69) is 32.3 Å². The molecule has 1 fully saturated rings. The number of nitrogens with one attached hydrogen (secondary N) is 1. The largest absolute Gasteiger partial charge is 0.377 e. The summed E-state index contributed by atoms with van der Waals surface area (Å²) < 4.78 is 5.36. The molecule has 0 spiro atoms. The van der Waals surface area contributed by atoms with Crippen LogP contribution < -0.4 is 10.2 Å². The number of hydrogen-bond acceptors (Lipinski definition) is 3. The number of halogens is 1. The van der Waals surface area contributed by atoms with Gasteiger partial charge in [-0.1, -0.05) is 29.3 Å². The second kappa shape index (κ2) is 9.11. The van der Waals surface area contributed by atoms with Crippen LogP contribution >= 0.6 is 11.6 Å². The Morgan fingerprint density at radius 3 is 2.80 bits per heavy atom. The van der Waals surface area contributed by atoms with E-state index in [4.69, 9.17) is 16.3 Å². The normalized spacial score (nSPS) is 19.0. The van der Waals surface area contributed by atoms with Gasteiger partial charge >= 0.3 is 0 Å². The zero-order chi connectivity index (χ0) is 17.5. The van der Waals surface area contributed by atoms with Gasteiger partial charge in [0.1, 0.15) is 0 Å². The van der Waals surface area contributed by atoms with Crippen LogP contribution in [0, 0.1) is 0 Å². The Morgan fingerprint density at radius 2 is 2.12 bits per heavy atom. The van der Waals surface area contributed by atoms with Gasteiger partial charge in [-0.3, -0.25) is 4.99 Å². The lowest BCUT2D eigenvalue weighted by molar-refractivity contribution is 0.153. The van der Waals surface area contributed by atoms with Gasteiger partial charge in [0.15, 0.2) is 5.96 Å². The van der Waals surface area contributed by atoms with Crippen molar-refractivity contribution in [3.8, 4) is 0 Å². The lowest BCUT2D eigenvalue weighted by atomic mass is 10.1. The molecule has 0 atom stereocenters. The van der Waals surface area contributed by atoms with Gasteiger partial charge in [0, 0.05) is 50.5 Å². The summed E-state index contributed by atoms with van der Waals surface area (Å²) >= 11 is 6.11. The topological polar surface area (TPSA) is 40.1 Å². The molecule has 1 aromatic carbocycles. The summed E-state index contributed by atoms with van der Waals surface area (Å²) in [5, 5.41) is 4.30. The first-order valence-corrected chi connectivity index (χ1v) is 9.36. The molecule has 2 heterocycles. The lowest BCUT2D eigenvalue weighted by Crippen LogP contribution is -2.52. The van der Waals surface area contributed by atoms with Crippen molar-refractivity contribution in [2.45, 2.75) is 12.8 Å². The molecular weight excluding hydrogens is 336 g/mol. The van der Waals surface area contributed by atoms with Crippen molar-refractivity contribution >= 4 is 23.2 Å². The van der Waals surface area contributed by atoms with E-state index < -0.39 is 0 Å². The van der Waals surface area contributed by atoms with E-state index in [-0.39, 0.29) is 0 Å². The molecule has 0 radical (unpaired) electrons. The van der Waals surface area contributed by atoms with Gasteiger partial charge in [-0.15, -0.1) is 0 Å². The van der Waals surface area contributed by atoms with Crippen molar-refractivity contribution in [3.05, 3.63) is 40.9 Å². The molecular formula is C19H27ClN4O. The first-order chi connectivity index (χ1) is 12.3. The average Bonchev–Trinajstić information content (AvgIpc) is 2.66. The summed E-state index contributed by atoms with van der Waals surface area (Å²) in [6, 6.07) is 8.08. The molecule has 25 heavy (non-hydrogen) atoms. The van der Waals surface area contributed by atoms with Gasteiger partial charge in [0.2, 0.25) is 0 Å². The molecule has 2 aliphatic heterocycles. The number of guanidine groups is 1. The van der Waals surface area contributed by atoms with E-state index in [0.717, 1.165) is 69.8 Å². The van der Waals surface area contributed by atoms with Crippen molar-refractivity contribution in [3.63, 3.8) is 0 Å². The number of rotatable bonds is 4. The molecule has 0 aliphatic carbocycles. The number of hydrogen-bond donors (Lipinski definition) is 1.